The Labute approximate surface area is 96.9 Å². The Bertz CT molecular complexity index is 307. The van der Waals surface area contributed by atoms with Gasteiger partial charge in [0.05, 0.1) is 6.61 Å². The number of aryl methyl sites for hydroxylation is 3. The summed E-state index contributed by atoms with van der Waals surface area (Å²) in [6, 6.07) is 0.138. The van der Waals surface area contributed by atoms with Crippen LogP contribution in [-0.2, 0) is 19.4 Å². The molecule has 0 spiro atoms. The topological polar surface area (TPSA) is 63.0 Å². The van der Waals surface area contributed by atoms with E-state index in [2.05, 4.69) is 29.2 Å². The molecule has 1 rings (SSSR count). The molecule has 1 aromatic heterocycles. The quantitative estimate of drug-likeness (QED) is 0.705. The molecular weight excluding hydrogens is 204 g/mol. The van der Waals surface area contributed by atoms with Gasteiger partial charge in [0.25, 0.3) is 0 Å². The van der Waals surface area contributed by atoms with Crippen molar-refractivity contribution in [3.8, 4) is 0 Å². The molecular formula is C11H22N4O. The summed E-state index contributed by atoms with van der Waals surface area (Å²) in [4.78, 5) is 4.45. The van der Waals surface area contributed by atoms with Gasteiger partial charge in [-0.15, -0.1) is 0 Å². The summed E-state index contributed by atoms with van der Waals surface area (Å²) in [5, 5.41) is 16.6. The second kappa shape index (κ2) is 6.60. The number of hydrogen-bond acceptors (Lipinski definition) is 4. The first-order valence-electron chi connectivity index (χ1n) is 5.95. The van der Waals surface area contributed by atoms with E-state index >= 15 is 0 Å². The standard InChI is InChI=1S/C11H22N4O/c1-4-10-13-11(5-2)15(14-10)7-6-9(8-16)12-3/h9,12,16H,4-8H2,1-3H3. The van der Waals surface area contributed by atoms with Crippen LogP contribution in [0.2, 0.25) is 0 Å². The molecule has 0 aliphatic heterocycles. The summed E-state index contributed by atoms with van der Waals surface area (Å²) in [5.74, 6) is 1.94. The molecule has 0 fully saturated rings. The normalized spacial score (nSPS) is 13.0. The van der Waals surface area contributed by atoms with Gasteiger partial charge in [-0.3, -0.25) is 0 Å². The van der Waals surface area contributed by atoms with Gasteiger partial charge in [0.15, 0.2) is 5.82 Å². The van der Waals surface area contributed by atoms with Gasteiger partial charge in [0.2, 0.25) is 0 Å². The molecule has 1 heterocycles. The van der Waals surface area contributed by atoms with Crippen molar-refractivity contribution in [1.29, 1.82) is 0 Å². The maximum atomic E-state index is 9.07. The molecule has 1 atom stereocenters. The van der Waals surface area contributed by atoms with E-state index in [0.29, 0.717) is 0 Å². The van der Waals surface area contributed by atoms with Gasteiger partial charge in [-0.05, 0) is 13.5 Å². The van der Waals surface area contributed by atoms with Gasteiger partial charge < -0.3 is 10.4 Å². The highest BCUT2D eigenvalue weighted by atomic mass is 16.3. The zero-order chi connectivity index (χ0) is 12.0. The lowest BCUT2D eigenvalue weighted by Crippen LogP contribution is -2.30. The Balaban J connectivity index is 2.61. The zero-order valence-corrected chi connectivity index (χ0v) is 10.4. The summed E-state index contributed by atoms with van der Waals surface area (Å²) in [5.41, 5.74) is 0. The number of aliphatic hydroxyl groups is 1. The molecule has 0 aliphatic carbocycles. The van der Waals surface area contributed by atoms with Crippen LogP contribution in [0, 0.1) is 0 Å². The van der Waals surface area contributed by atoms with Gasteiger partial charge in [-0.1, -0.05) is 13.8 Å². The van der Waals surface area contributed by atoms with Crippen molar-refractivity contribution in [1.82, 2.24) is 20.1 Å². The van der Waals surface area contributed by atoms with Crippen molar-refractivity contribution < 1.29 is 5.11 Å². The first-order valence-corrected chi connectivity index (χ1v) is 5.95. The number of aliphatic hydroxyl groups excluding tert-OH is 1. The van der Waals surface area contributed by atoms with Gasteiger partial charge in [-0.2, -0.15) is 5.10 Å². The van der Waals surface area contributed by atoms with Crippen molar-refractivity contribution in [2.75, 3.05) is 13.7 Å². The van der Waals surface area contributed by atoms with Crippen molar-refractivity contribution in [2.24, 2.45) is 0 Å². The number of aromatic nitrogens is 3. The fraction of sp³-hybridized carbons (Fsp3) is 0.818. The molecule has 1 unspecified atom stereocenters. The number of likely N-dealkylation sites (N-methyl/N-ethyl adjacent to an activating group) is 1. The maximum Gasteiger partial charge on any atom is 0.150 e. The number of hydrogen-bond donors (Lipinski definition) is 2. The van der Waals surface area contributed by atoms with Crippen molar-refractivity contribution in [2.45, 2.75) is 45.7 Å². The molecule has 5 nitrogen and oxygen atoms in total. The van der Waals surface area contributed by atoms with Crippen LogP contribution in [0.3, 0.4) is 0 Å². The molecule has 0 bridgehead atoms. The Kier molecular flexibility index (Phi) is 5.42. The summed E-state index contributed by atoms with van der Waals surface area (Å²) >= 11 is 0. The van der Waals surface area contributed by atoms with E-state index in [9.17, 15) is 0 Å². The van der Waals surface area contributed by atoms with Gasteiger partial charge in [0, 0.05) is 25.4 Å². The van der Waals surface area contributed by atoms with E-state index in [1.54, 1.807) is 0 Å². The van der Waals surface area contributed by atoms with Crippen LogP contribution >= 0.6 is 0 Å². The zero-order valence-electron chi connectivity index (χ0n) is 10.4. The highest BCUT2D eigenvalue weighted by Crippen LogP contribution is 2.03. The molecule has 0 aliphatic rings. The maximum absolute atomic E-state index is 9.07. The second-order valence-electron chi connectivity index (χ2n) is 3.83. The van der Waals surface area contributed by atoms with E-state index in [-0.39, 0.29) is 12.6 Å². The van der Waals surface area contributed by atoms with Gasteiger partial charge in [-0.25, -0.2) is 9.67 Å². The van der Waals surface area contributed by atoms with Crippen LogP contribution in [-0.4, -0.2) is 39.6 Å². The molecule has 1 aromatic rings. The SMILES string of the molecule is CCc1nc(CC)n(CCC(CO)NC)n1. The summed E-state index contributed by atoms with van der Waals surface area (Å²) in [6.45, 7) is 5.11. The summed E-state index contributed by atoms with van der Waals surface area (Å²) in [7, 11) is 1.86. The van der Waals surface area contributed by atoms with Gasteiger partial charge >= 0.3 is 0 Å². The van der Waals surface area contributed by atoms with Crippen LogP contribution in [0.25, 0.3) is 0 Å². The fourth-order valence-corrected chi connectivity index (χ4v) is 1.62. The lowest BCUT2D eigenvalue weighted by atomic mass is 10.2. The average Bonchev–Trinajstić information content (AvgIpc) is 2.73. The first kappa shape index (κ1) is 13.1. The predicted molar refractivity (Wildman–Crippen MR) is 63.3 cm³/mol. The molecule has 0 amide bonds. The van der Waals surface area contributed by atoms with Crippen LogP contribution < -0.4 is 5.32 Å². The smallest absolute Gasteiger partial charge is 0.150 e. The van der Waals surface area contributed by atoms with Gasteiger partial charge in [0.1, 0.15) is 5.82 Å². The van der Waals surface area contributed by atoms with Crippen molar-refractivity contribution in [3.63, 3.8) is 0 Å². The van der Waals surface area contributed by atoms with Crippen LogP contribution in [0.4, 0.5) is 0 Å². The predicted octanol–water partition coefficient (Wildman–Crippen LogP) is 0.373. The van der Waals surface area contributed by atoms with Crippen LogP contribution in [0.5, 0.6) is 0 Å². The van der Waals surface area contributed by atoms with E-state index in [1.165, 1.54) is 0 Å². The number of rotatable bonds is 7. The molecule has 5 heteroatoms. The molecule has 0 aromatic carbocycles. The van der Waals surface area contributed by atoms with Crippen LogP contribution in [0.1, 0.15) is 31.9 Å². The summed E-state index contributed by atoms with van der Waals surface area (Å²) in [6.07, 6.45) is 2.64. The monoisotopic (exact) mass is 226 g/mol. The average molecular weight is 226 g/mol. The number of nitrogens with one attached hydrogen (secondary N) is 1. The van der Waals surface area contributed by atoms with E-state index in [1.807, 2.05) is 11.7 Å². The number of nitrogens with zero attached hydrogens (tertiary/aromatic N) is 3. The fourth-order valence-electron chi connectivity index (χ4n) is 1.62. The lowest BCUT2D eigenvalue weighted by molar-refractivity contribution is 0.236. The second-order valence-corrected chi connectivity index (χ2v) is 3.83. The van der Waals surface area contributed by atoms with Crippen molar-refractivity contribution in [3.05, 3.63) is 11.6 Å². The molecule has 0 saturated carbocycles. The molecule has 16 heavy (non-hydrogen) atoms. The Morgan fingerprint density at radius 1 is 1.38 bits per heavy atom. The third kappa shape index (κ3) is 3.28. The largest absolute Gasteiger partial charge is 0.395 e. The molecule has 2 N–H and O–H groups in total. The summed E-state index contributed by atoms with van der Waals surface area (Å²) < 4.78 is 1.96. The minimum absolute atomic E-state index is 0.138. The van der Waals surface area contributed by atoms with E-state index in [4.69, 9.17) is 5.11 Å². The Morgan fingerprint density at radius 3 is 2.62 bits per heavy atom. The minimum Gasteiger partial charge on any atom is -0.395 e. The third-order valence-corrected chi connectivity index (χ3v) is 2.74. The van der Waals surface area contributed by atoms with E-state index in [0.717, 1.165) is 37.5 Å². The van der Waals surface area contributed by atoms with E-state index < -0.39 is 0 Å². The first-order chi connectivity index (χ1) is 7.74. The molecule has 92 valence electrons. The van der Waals surface area contributed by atoms with Crippen LogP contribution in [0.15, 0.2) is 0 Å². The lowest BCUT2D eigenvalue weighted by Gasteiger charge is -2.13. The highest BCUT2D eigenvalue weighted by molar-refractivity contribution is 4.92. The van der Waals surface area contributed by atoms with Crippen molar-refractivity contribution >= 4 is 0 Å². The highest BCUT2D eigenvalue weighted by Gasteiger charge is 2.09. The third-order valence-electron chi connectivity index (χ3n) is 2.74. The Hall–Kier alpha value is -0.940. The Morgan fingerprint density at radius 2 is 2.12 bits per heavy atom. The molecule has 0 radical (unpaired) electrons. The molecule has 0 saturated heterocycles. The minimum atomic E-state index is 0.138.